The second-order valence-corrected chi connectivity index (χ2v) is 5.26. The number of amides is 1. The topological polar surface area (TPSA) is 50.7 Å². The normalized spacial score (nSPS) is 11.0. The van der Waals surface area contributed by atoms with E-state index in [0.29, 0.717) is 5.75 Å². The van der Waals surface area contributed by atoms with Crippen LogP contribution in [-0.4, -0.2) is 18.2 Å². The van der Waals surface area contributed by atoms with E-state index in [9.17, 15) is 4.79 Å². The number of para-hydroxylation sites is 1. The summed E-state index contributed by atoms with van der Waals surface area (Å²) in [5, 5.41) is 4.06. The van der Waals surface area contributed by atoms with E-state index >= 15 is 0 Å². The Bertz CT molecular complexity index is 642. The number of ether oxygens (including phenoxy) is 1. The van der Waals surface area contributed by atoms with E-state index in [4.69, 9.17) is 4.74 Å². The molecule has 0 fully saturated rings. The zero-order valence-corrected chi connectivity index (χ0v) is 13.1. The number of rotatable bonds is 5. The highest BCUT2D eigenvalue weighted by molar-refractivity contribution is 9.10. The quantitative estimate of drug-likeness (QED) is 0.666. The fourth-order valence-electron chi connectivity index (χ4n) is 1.62. The Hall–Kier alpha value is -2.14. The number of hydrogen-bond donors (Lipinski definition) is 1. The standard InChI is InChI=1S/C16H15BrN2O2/c1-12(13-6-5-7-14(17)10-13)18-19-16(20)11-21-15-8-3-2-4-9-15/h2-10H,11H2,1H3,(H,19,20)/b18-12+. The van der Waals surface area contributed by atoms with Gasteiger partial charge in [-0.15, -0.1) is 0 Å². The molecule has 2 aromatic carbocycles. The maximum Gasteiger partial charge on any atom is 0.277 e. The Labute approximate surface area is 132 Å². The molecule has 0 spiro atoms. The zero-order valence-electron chi connectivity index (χ0n) is 11.5. The SMILES string of the molecule is C/C(=N\NC(=O)COc1ccccc1)c1cccc(Br)c1. The van der Waals surface area contributed by atoms with Crippen LogP contribution in [0.1, 0.15) is 12.5 Å². The van der Waals surface area contributed by atoms with Gasteiger partial charge in [0.15, 0.2) is 6.61 Å². The van der Waals surface area contributed by atoms with E-state index in [1.807, 2.05) is 49.4 Å². The third kappa shape index (κ3) is 5.04. The monoisotopic (exact) mass is 346 g/mol. The van der Waals surface area contributed by atoms with Crippen molar-refractivity contribution in [3.63, 3.8) is 0 Å². The van der Waals surface area contributed by atoms with E-state index in [-0.39, 0.29) is 12.5 Å². The van der Waals surface area contributed by atoms with E-state index in [1.54, 1.807) is 12.1 Å². The fraction of sp³-hybridized carbons (Fsp3) is 0.125. The molecule has 0 saturated carbocycles. The molecule has 0 bridgehead atoms. The number of halogens is 1. The molecule has 0 radical (unpaired) electrons. The van der Waals surface area contributed by atoms with E-state index < -0.39 is 0 Å². The van der Waals surface area contributed by atoms with E-state index in [2.05, 4.69) is 26.5 Å². The lowest BCUT2D eigenvalue weighted by atomic mass is 10.1. The smallest absolute Gasteiger partial charge is 0.277 e. The molecule has 0 aliphatic rings. The van der Waals surface area contributed by atoms with Crippen LogP contribution in [0.5, 0.6) is 5.75 Å². The van der Waals surface area contributed by atoms with Crippen LogP contribution in [0.2, 0.25) is 0 Å². The minimum Gasteiger partial charge on any atom is -0.484 e. The van der Waals surface area contributed by atoms with Crippen LogP contribution in [0.15, 0.2) is 64.2 Å². The molecule has 1 amide bonds. The second kappa shape index (κ2) is 7.59. The molecule has 0 saturated heterocycles. The van der Waals surface area contributed by atoms with Gasteiger partial charge in [0.05, 0.1) is 5.71 Å². The molecule has 1 N–H and O–H groups in total. The molecule has 108 valence electrons. The molecule has 0 heterocycles. The van der Waals surface area contributed by atoms with Crippen molar-refractivity contribution in [2.45, 2.75) is 6.92 Å². The number of hydrazone groups is 1. The maximum atomic E-state index is 11.7. The molecule has 21 heavy (non-hydrogen) atoms. The van der Waals surface area contributed by atoms with Crippen molar-refractivity contribution < 1.29 is 9.53 Å². The molecule has 0 aromatic heterocycles. The largest absolute Gasteiger partial charge is 0.484 e. The second-order valence-electron chi connectivity index (χ2n) is 4.34. The molecule has 0 atom stereocenters. The lowest BCUT2D eigenvalue weighted by Crippen LogP contribution is -2.25. The highest BCUT2D eigenvalue weighted by atomic mass is 79.9. The lowest BCUT2D eigenvalue weighted by Gasteiger charge is -2.05. The first-order valence-electron chi connectivity index (χ1n) is 6.42. The molecule has 0 aliphatic carbocycles. The average Bonchev–Trinajstić information content (AvgIpc) is 2.51. The van der Waals surface area contributed by atoms with Gasteiger partial charge in [0.2, 0.25) is 0 Å². The van der Waals surface area contributed by atoms with Crippen LogP contribution in [-0.2, 0) is 4.79 Å². The van der Waals surface area contributed by atoms with Crippen LogP contribution in [0.25, 0.3) is 0 Å². The number of carbonyl (C=O) groups is 1. The number of nitrogens with zero attached hydrogens (tertiary/aromatic N) is 1. The average molecular weight is 347 g/mol. The molecule has 4 nitrogen and oxygen atoms in total. The number of carbonyl (C=O) groups excluding carboxylic acids is 1. The number of hydrogen-bond acceptors (Lipinski definition) is 3. The Kier molecular flexibility index (Phi) is 5.51. The molecule has 0 aliphatic heterocycles. The van der Waals surface area contributed by atoms with Crippen molar-refractivity contribution in [3.8, 4) is 5.75 Å². The van der Waals surface area contributed by atoms with Gasteiger partial charge in [0.1, 0.15) is 5.75 Å². The zero-order chi connectivity index (χ0) is 15.1. The van der Waals surface area contributed by atoms with Crippen LogP contribution in [0.3, 0.4) is 0 Å². The van der Waals surface area contributed by atoms with Crippen molar-refractivity contribution in [2.24, 2.45) is 5.10 Å². The number of benzene rings is 2. The van der Waals surface area contributed by atoms with Gasteiger partial charge in [-0.1, -0.05) is 46.3 Å². The first-order chi connectivity index (χ1) is 10.1. The first kappa shape index (κ1) is 15.3. The van der Waals surface area contributed by atoms with Crippen molar-refractivity contribution >= 4 is 27.5 Å². The Morgan fingerprint density at radius 2 is 1.95 bits per heavy atom. The number of nitrogens with one attached hydrogen (secondary N) is 1. The summed E-state index contributed by atoms with van der Waals surface area (Å²) in [6.07, 6.45) is 0. The predicted octanol–water partition coefficient (Wildman–Crippen LogP) is 3.37. The molecule has 2 aromatic rings. The summed E-state index contributed by atoms with van der Waals surface area (Å²) in [6, 6.07) is 16.9. The summed E-state index contributed by atoms with van der Waals surface area (Å²) in [7, 11) is 0. The van der Waals surface area contributed by atoms with Crippen molar-refractivity contribution in [1.82, 2.24) is 5.43 Å². The van der Waals surface area contributed by atoms with Crippen LogP contribution >= 0.6 is 15.9 Å². The Morgan fingerprint density at radius 3 is 2.67 bits per heavy atom. The summed E-state index contributed by atoms with van der Waals surface area (Å²) < 4.78 is 6.30. The lowest BCUT2D eigenvalue weighted by molar-refractivity contribution is -0.123. The van der Waals surface area contributed by atoms with Gasteiger partial charge in [-0.25, -0.2) is 5.43 Å². The first-order valence-corrected chi connectivity index (χ1v) is 7.21. The van der Waals surface area contributed by atoms with E-state index in [1.165, 1.54) is 0 Å². The molecule has 5 heteroatoms. The van der Waals surface area contributed by atoms with Gasteiger partial charge in [0.25, 0.3) is 5.91 Å². The summed E-state index contributed by atoms with van der Waals surface area (Å²) >= 11 is 3.40. The Balaban J connectivity index is 1.87. The highest BCUT2D eigenvalue weighted by Gasteiger charge is 2.03. The third-order valence-corrected chi connectivity index (χ3v) is 3.20. The molecule has 2 rings (SSSR count). The van der Waals surface area contributed by atoms with Gasteiger partial charge in [-0.2, -0.15) is 5.10 Å². The van der Waals surface area contributed by atoms with Crippen molar-refractivity contribution in [3.05, 3.63) is 64.6 Å². The third-order valence-electron chi connectivity index (χ3n) is 2.70. The van der Waals surface area contributed by atoms with Crippen LogP contribution < -0.4 is 10.2 Å². The summed E-state index contributed by atoms with van der Waals surface area (Å²) in [5.74, 6) is 0.355. The van der Waals surface area contributed by atoms with Gasteiger partial charge in [0, 0.05) is 4.47 Å². The van der Waals surface area contributed by atoms with Gasteiger partial charge >= 0.3 is 0 Å². The maximum absolute atomic E-state index is 11.7. The van der Waals surface area contributed by atoms with Gasteiger partial charge < -0.3 is 4.74 Å². The summed E-state index contributed by atoms with van der Waals surface area (Å²) in [6.45, 7) is 1.76. The molecule has 0 unspecified atom stereocenters. The minimum absolute atomic E-state index is 0.0702. The van der Waals surface area contributed by atoms with E-state index in [0.717, 1.165) is 15.7 Å². The summed E-state index contributed by atoms with van der Waals surface area (Å²) in [5.41, 5.74) is 4.14. The van der Waals surface area contributed by atoms with Crippen molar-refractivity contribution in [1.29, 1.82) is 0 Å². The predicted molar refractivity (Wildman–Crippen MR) is 86.4 cm³/mol. The molecular formula is C16H15BrN2O2. The fourth-order valence-corrected chi connectivity index (χ4v) is 2.02. The van der Waals surface area contributed by atoms with Crippen molar-refractivity contribution in [2.75, 3.05) is 6.61 Å². The highest BCUT2D eigenvalue weighted by Crippen LogP contribution is 2.12. The van der Waals surface area contributed by atoms with Crippen LogP contribution in [0.4, 0.5) is 0 Å². The van der Waals surface area contributed by atoms with Gasteiger partial charge in [-0.3, -0.25) is 4.79 Å². The summed E-state index contributed by atoms with van der Waals surface area (Å²) in [4.78, 5) is 11.7. The molecular weight excluding hydrogens is 332 g/mol. The Morgan fingerprint density at radius 1 is 1.19 bits per heavy atom. The van der Waals surface area contributed by atoms with Gasteiger partial charge in [-0.05, 0) is 36.8 Å². The minimum atomic E-state index is -0.298. The van der Waals surface area contributed by atoms with Crippen LogP contribution in [0, 0.1) is 0 Å².